The summed E-state index contributed by atoms with van der Waals surface area (Å²) in [6.45, 7) is 6.92. The molecule has 0 amide bonds. The zero-order valence-electron chi connectivity index (χ0n) is 10.4. The van der Waals surface area contributed by atoms with Crippen LogP contribution in [-0.2, 0) is 9.47 Å². The van der Waals surface area contributed by atoms with Crippen LogP contribution in [-0.4, -0.2) is 63.0 Å². The Balaban J connectivity index is 1.70. The van der Waals surface area contributed by atoms with E-state index in [4.69, 9.17) is 9.47 Å². The van der Waals surface area contributed by atoms with Gasteiger partial charge in [0.15, 0.2) is 0 Å². The molecule has 0 bridgehead atoms. The van der Waals surface area contributed by atoms with E-state index in [0.29, 0.717) is 12.2 Å². The van der Waals surface area contributed by atoms with Crippen molar-refractivity contribution >= 4 is 0 Å². The Morgan fingerprint density at radius 2 is 2.25 bits per heavy atom. The second kappa shape index (κ2) is 5.96. The predicted molar refractivity (Wildman–Crippen MR) is 63.7 cm³/mol. The fraction of sp³-hybridized carbons (Fsp3) is 1.00. The average Bonchev–Trinajstić information content (AvgIpc) is 2.24. The maximum atomic E-state index is 5.71. The molecule has 94 valence electrons. The number of hydrogen-bond donors (Lipinski definition) is 1. The van der Waals surface area contributed by atoms with Gasteiger partial charge in [-0.1, -0.05) is 0 Å². The summed E-state index contributed by atoms with van der Waals surface area (Å²) in [6, 6.07) is 0.736. The van der Waals surface area contributed by atoms with Crippen molar-refractivity contribution in [3.05, 3.63) is 0 Å². The van der Waals surface area contributed by atoms with Gasteiger partial charge in [0.2, 0.25) is 0 Å². The molecule has 1 N–H and O–H groups in total. The summed E-state index contributed by atoms with van der Waals surface area (Å²) in [5, 5.41) is 3.19. The Morgan fingerprint density at radius 3 is 2.94 bits per heavy atom. The normalized spacial score (nSPS) is 36.0. The summed E-state index contributed by atoms with van der Waals surface area (Å²) in [7, 11) is 1.98. The highest BCUT2D eigenvalue weighted by atomic mass is 16.5. The Morgan fingerprint density at radius 1 is 1.44 bits per heavy atom. The van der Waals surface area contributed by atoms with E-state index < -0.39 is 0 Å². The lowest BCUT2D eigenvalue weighted by atomic mass is 9.87. The fourth-order valence-electron chi connectivity index (χ4n) is 2.63. The van der Waals surface area contributed by atoms with E-state index in [-0.39, 0.29) is 0 Å². The molecule has 16 heavy (non-hydrogen) atoms. The lowest BCUT2D eigenvalue weighted by Gasteiger charge is -2.45. The minimum atomic E-state index is 0.366. The third kappa shape index (κ3) is 2.94. The molecule has 4 heteroatoms. The van der Waals surface area contributed by atoms with E-state index in [1.54, 1.807) is 0 Å². The van der Waals surface area contributed by atoms with E-state index in [1.165, 1.54) is 12.8 Å². The Hall–Kier alpha value is -0.160. The molecule has 2 fully saturated rings. The van der Waals surface area contributed by atoms with Crippen molar-refractivity contribution in [2.45, 2.75) is 38.0 Å². The number of likely N-dealkylation sites (N-methyl/N-ethyl adjacent to an activating group) is 1. The van der Waals surface area contributed by atoms with E-state index in [2.05, 4.69) is 17.1 Å². The molecule has 1 atom stereocenters. The van der Waals surface area contributed by atoms with Gasteiger partial charge in [-0.15, -0.1) is 0 Å². The van der Waals surface area contributed by atoms with E-state index in [1.807, 2.05) is 7.05 Å². The smallest absolute Gasteiger partial charge is 0.0826 e. The molecule has 1 aliphatic heterocycles. The van der Waals surface area contributed by atoms with Crippen LogP contribution in [0.5, 0.6) is 0 Å². The van der Waals surface area contributed by atoms with Crippen molar-refractivity contribution in [2.75, 3.05) is 39.9 Å². The molecule has 0 aromatic heterocycles. The van der Waals surface area contributed by atoms with E-state index >= 15 is 0 Å². The molecule has 2 aliphatic rings. The first-order chi connectivity index (χ1) is 7.83. The van der Waals surface area contributed by atoms with Crippen LogP contribution in [0.2, 0.25) is 0 Å². The van der Waals surface area contributed by atoms with Crippen LogP contribution in [0.4, 0.5) is 0 Å². The van der Waals surface area contributed by atoms with Crippen molar-refractivity contribution in [3.63, 3.8) is 0 Å². The third-order valence-electron chi connectivity index (χ3n) is 3.59. The molecule has 1 saturated carbocycles. The molecule has 0 aromatic rings. The van der Waals surface area contributed by atoms with Gasteiger partial charge in [0, 0.05) is 32.3 Å². The van der Waals surface area contributed by atoms with Crippen molar-refractivity contribution in [1.29, 1.82) is 0 Å². The van der Waals surface area contributed by atoms with Gasteiger partial charge in [-0.25, -0.2) is 0 Å². The number of ether oxygens (including phenoxy) is 2. The van der Waals surface area contributed by atoms with Crippen molar-refractivity contribution in [1.82, 2.24) is 10.2 Å². The third-order valence-corrected chi connectivity index (χ3v) is 3.59. The molecule has 1 aliphatic carbocycles. The van der Waals surface area contributed by atoms with Gasteiger partial charge >= 0.3 is 0 Å². The van der Waals surface area contributed by atoms with Crippen LogP contribution in [0.1, 0.15) is 19.8 Å². The van der Waals surface area contributed by atoms with Crippen molar-refractivity contribution in [2.24, 2.45) is 0 Å². The van der Waals surface area contributed by atoms with E-state index in [9.17, 15) is 0 Å². The van der Waals surface area contributed by atoms with E-state index in [0.717, 1.165) is 38.9 Å². The standard InChI is InChI=1S/C12H24N2O2/c1-3-15-11-6-10(7-11)14-4-5-16-12(9-14)8-13-2/h10-13H,3-9H2,1-2H3. The summed E-state index contributed by atoms with van der Waals surface area (Å²) in [5.41, 5.74) is 0. The minimum absolute atomic E-state index is 0.366. The molecule has 1 unspecified atom stereocenters. The average molecular weight is 228 g/mol. The van der Waals surface area contributed by atoms with Gasteiger partial charge in [-0.3, -0.25) is 4.90 Å². The summed E-state index contributed by atoms with van der Waals surface area (Å²) < 4.78 is 11.3. The van der Waals surface area contributed by atoms with Crippen molar-refractivity contribution in [3.8, 4) is 0 Å². The first-order valence-corrected chi connectivity index (χ1v) is 6.45. The Bertz CT molecular complexity index is 205. The molecule has 0 radical (unpaired) electrons. The van der Waals surface area contributed by atoms with Crippen LogP contribution in [0, 0.1) is 0 Å². The minimum Gasteiger partial charge on any atom is -0.378 e. The number of hydrogen-bond acceptors (Lipinski definition) is 4. The quantitative estimate of drug-likeness (QED) is 0.742. The first-order valence-electron chi connectivity index (χ1n) is 6.45. The number of rotatable bonds is 5. The van der Waals surface area contributed by atoms with Gasteiger partial charge in [0.05, 0.1) is 18.8 Å². The van der Waals surface area contributed by atoms with Gasteiger partial charge < -0.3 is 14.8 Å². The zero-order valence-corrected chi connectivity index (χ0v) is 10.4. The molecule has 4 nitrogen and oxygen atoms in total. The Kier molecular flexibility index (Phi) is 4.58. The summed E-state index contributed by atoms with van der Waals surface area (Å²) in [5.74, 6) is 0. The van der Waals surface area contributed by atoms with Crippen LogP contribution in [0.15, 0.2) is 0 Å². The van der Waals surface area contributed by atoms with Gasteiger partial charge in [0.1, 0.15) is 0 Å². The number of nitrogens with one attached hydrogen (secondary N) is 1. The highest BCUT2D eigenvalue weighted by Crippen LogP contribution is 2.29. The summed E-state index contributed by atoms with van der Waals surface area (Å²) in [4.78, 5) is 2.57. The molecule has 0 aromatic carbocycles. The molecule has 2 rings (SSSR count). The molecular formula is C12H24N2O2. The molecule has 0 spiro atoms. The number of morpholine rings is 1. The van der Waals surface area contributed by atoms with Gasteiger partial charge in [-0.05, 0) is 26.8 Å². The van der Waals surface area contributed by atoms with Crippen LogP contribution < -0.4 is 5.32 Å². The van der Waals surface area contributed by atoms with Gasteiger partial charge in [-0.2, -0.15) is 0 Å². The van der Waals surface area contributed by atoms with Crippen LogP contribution >= 0.6 is 0 Å². The lowest BCUT2D eigenvalue weighted by molar-refractivity contribution is -0.0931. The molecule has 1 heterocycles. The second-order valence-electron chi connectivity index (χ2n) is 4.75. The van der Waals surface area contributed by atoms with Crippen LogP contribution in [0.3, 0.4) is 0 Å². The van der Waals surface area contributed by atoms with Gasteiger partial charge in [0.25, 0.3) is 0 Å². The highest BCUT2D eigenvalue weighted by Gasteiger charge is 2.36. The maximum absolute atomic E-state index is 5.71. The monoisotopic (exact) mass is 228 g/mol. The fourth-order valence-corrected chi connectivity index (χ4v) is 2.63. The zero-order chi connectivity index (χ0) is 11.4. The molecule has 1 saturated heterocycles. The summed E-state index contributed by atoms with van der Waals surface area (Å²) in [6.07, 6.45) is 3.30. The van der Waals surface area contributed by atoms with Crippen molar-refractivity contribution < 1.29 is 9.47 Å². The lowest BCUT2D eigenvalue weighted by Crippen LogP contribution is -2.55. The largest absolute Gasteiger partial charge is 0.378 e. The highest BCUT2D eigenvalue weighted by molar-refractivity contribution is 4.90. The second-order valence-corrected chi connectivity index (χ2v) is 4.75. The number of nitrogens with zero attached hydrogens (tertiary/aromatic N) is 1. The topological polar surface area (TPSA) is 33.7 Å². The summed E-state index contributed by atoms with van der Waals surface area (Å²) >= 11 is 0. The SMILES string of the molecule is CCOC1CC(N2CCOC(CNC)C2)C1. The molecular weight excluding hydrogens is 204 g/mol. The maximum Gasteiger partial charge on any atom is 0.0826 e. The Labute approximate surface area is 98.3 Å². The predicted octanol–water partition coefficient (Wildman–Crippen LogP) is 0.474. The first kappa shape index (κ1) is 12.3. The van der Waals surface area contributed by atoms with Crippen LogP contribution in [0.25, 0.3) is 0 Å².